The zero-order chi connectivity index (χ0) is 13.1. The van der Waals surface area contributed by atoms with Crippen LogP contribution in [0.4, 0.5) is 0 Å². The normalized spacial score (nSPS) is 12.2. The summed E-state index contributed by atoms with van der Waals surface area (Å²) in [6.07, 6.45) is 0. The van der Waals surface area contributed by atoms with E-state index in [9.17, 15) is 0 Å². The molecule has 0 aliphatic carbocycles. The van der Waals surface area contributed by atoms with E-state index in [-0.39, 0.29) is 4.83 Å². The molecule has 5 heteroatoms. The quantitative estimate of drug-likeness (QED) is 0.681. The highest BCUT2D eigenvalue weighted by molar-refractivity contribution is 9.10. The monoisotopic (exact) mass is 390 g/mol. The second-order valence-corrected chi connectivity index (χ2v) is 6.20. The Morgan fingerprint density at radius 3 is 2.44 bits per heavy atom. The predicted octanol–water partition coefficient (Wildman–Crippen LogP) is 5.01. The molecule has 0 radical (unpaired) electrons. The van der Waals surface area contributed by atoms with E-state index in [0.29, 0.717) is 0 Å². The van der Waals surface area contributed by atoms with Crippen LogP contribution in [-0.2, 0) is 0 Å². The molecule has 1 atom stereocenters. The van der Waals surface area contributed by atoms with Crippen LogP contribution in [0.2, 0.25) is 0 Å². The lowest BCUT2D eigenvalue weighted by Crippen LogP contribution is -1.98. The van der Waals surface area contributed by atoms with Gasteiger partial charge >= 0.3 is 0 Å². The van der Waals surface area contributed by atoms with Gasteiger partial charge in [-0.15, -0.1) is 0 Å². The van der Waals surface area contributed by atoms with E-state index in [1.807, 2.05) is 12.1 Å². The fourth-order valence-corrected chi connectivity index (χ4v) is 3.67. The van der Waals surface area contributed by atoms with E-state index in [1.165, 1.54) is 5.56 Å². The van der Waals surface area contributed by atoms with Crippen LogP contribution in [0.5, 0.6) is 11.5 Å². The Morgan fingerprint density at radius 2 is 1.89 bits per heavy atom. The Morgan fingerprint density at radius 1 is 1.17 bits per heavy atom. The Bertz CT molecular complexity index is 526. The Balaban J connectivity index is 2.48. The zero-order valence-electron chi connectivity index (χ0n) is 9.94. The molecule has 0 amide bonds. The molecule has 0 bridgehead atoms. The molecule has 18 heavy (non-hydrogen) atoms. The van der Waals surface area contributed by atoms with E-state index in [0.717, 1.165) is 21.5 Å². The summed E-state index contributed by atoms with van der Waals surface area (Å²) in [6.45, 7) is 0. The molecule has 2 aromatic rings. The minimum Gasteiger partial charge on any atom is -0.496 e. The lowest BCUT2D eigenvalue weighted by Gasteiger charge is -2.16. The average molecular weight is 392 g/mol. The van der Waals surface area contributed by atoms with Gasteiger partial charge in [0.15, 0.2) is 0 Å². The van der Waals surface area contributed by atoms with Crippen LogP contribution in [0.3, 0.4) is 0 Å². The Kier molecular flexibility index (Phi) is 4.70. The molecule has 0 fully saturated rings. The fraction of sp³-hybridized carbons (Fsp3) is 0.231. The molecule has 0 aliphatic rings. The second-order valence-electron chi connectivity index (χ2n) is 3.65. The smallest absolute Gasteiger partial charge is 0.133 e. The highest BCUT2D eigenvalue weighted by Crippen LogP contribution is 2.42. The molecule has 1 heterocycles. The van der Waals surface area contributed by atoms with Gasteiger partial charge in [-0.1, -0.05) is 15.9 Å². The van der Waals surface area contributed by atoms with Crippen LogP contribution in [0.1, 0.15) is 16.0 Å². The maximum Gasteiger partial charge on any atom is 0.133 e. The first-order valence-corrected chi connectivity index (χ1v) is 7.90. The van der Waals surface area contributed by atoms with Crippen molar-refractivity contribution in [3.05, 3.63) is 44.6 Å². The number of ether oxygens (including phenoxy) is 2. The summed E-state index contributed by atoms with van der Waals surface area (Å²) in [6, 6.07) is 6.01. The molecular weight excluding hydrogens is 380 g/mol. The molecule has 1 aromatic carbocycles. The summed E-state index contributed by atoms with van der Waals surface area (Å²) in [5, 5.41) is 4.18. The minimum atomic E-state index is 0.0979. The number of hydrogen-bond donors (Lipinski definition) is 0. The first-order chi connectivity index (χ1) is 8.67. The second kappa shape index (κ2) is 6.08. The standard InChI is InChI=1S/C13H12Br2O2S/c1-16-11-6-10(14)12(17-2)5-9(11)13(15)8-3-4-18-7-8/h3-7,13H,1-2H3. The molecule has 1 aromatic heterocycles. The van der Waals surface area contributed by atoms with Crippen molar-refractivity contribution >= 4 is 43.2 Å². The van der Waals surface area contributed by atoms with Crippen LogP contribution in [0.25, 0.3) is 0 Å². The van der Waals surface area contributed by atoms with Crippen molar-refractivity contribution in [1.82, 2.24) is 0 Å². The van der Waals surface area contributed by atoms with Gasteiger partial charge in [-0.05, 0) is 50.5 Å². The topological polar surface area (TPSA) is 18.5 Å². The molecule has 0 aliphatic heterocycles. The third-order valence-corrected chi connectivity index (χ3v) is 4.96. The summed E-state index contributed by atoms with van der Waals surface area (Å²) < 4.78 is 11.6. The maximum atomic E-state index is 5.43. The number of alkyl halides is 1. The van der Waals surface area contributed by atoms with Gasteiger partial charge in [-0.25, -0.2) is 0 Å². The fourth-order valence-electron chi connectivity index (χ4n) is 1.68. The van der Waals surface area contributed by atoms with Crippen molar-refractivity contribution in [2.75, 3.05) is 14.2 Å². The predicted molar refractivity (Wildman–Crippen MR) is 82.3 cm³/mol. The van der Waals surface area contributed by atoms with Gasteiger partial charge in [0.2, 0.25) is 0 Å². The Hall–Kier alpha value is -0.520. The van der Waals surface area contributed by atoms with Crippen molar-refractivity contribution < 1.29 is 9.47 Å². The SMILES string of the molecule is COc1cc(C(Br)c2ccsc2)c(OC)cc1Br. The molecule has 0 saturated carbocycles. The molecule has 0 spiro atoms. The first-order valence-electron chi connectivity index (χ1n) is 5.25. The highest BCUT2D eigenvalue weighted by atomic mass is 79.9. The van der Waals surface area contributed by atoms with Gasteiger partial charge in [0.1, 0.15) is 11.5 Å². The largest absolute Gasteiger partial charge is 0.496 e. The number of rotatable bonds is 4. The number of benzene rings is 1. The van der Waals surface area contributed by atoms with Crippen LogP contribution in [-0.4, -0.2) is 14.2 Å². The summed E-state index contributed by atoms with van der Waals surface area (Å²) in [5.74, 6) is 1.63. The van der Waals surface area contributed by atoms with Crippen LogP contribution in [0, 0.1) is 0 Å². The lowest BCUT2D eigenvalue weighted by atomic mass is 10.1. The van der Waals surface area contributed by atoms with Crippen molar-refractivity contribution in [2.45, 2.75) is 4.83 Å². The molecule has 96 valence electrons. The van der Waals surface area contributed by atoms with Crippen LogP contribution in [0.15, 0.2) is 33.4 Å². The van der Waals surface area contributed by atoms with Gasteiger partial charge in [0.25, 0.3) is 0 Å². The van der Waals surface area contributed by atoms with Crippen molar-refractivity contribution in [3.63, 3.8) is 0 Å². The maximum absolute atomic E-state index is 5.43. The van der Waals surface area contributed by atoms with E-state index in [1.54, 1.807) is 25.6 Å². The van der Waals surface area contributed by atoms with Gasteiger partial charge in [-0.3, -0.25) is 0 Å². The van der Waals surface area contributed by atoms with Gasteiger partial charge in [0, 0.05) is 5.56 Å². The molecular formula is C13H12Br2O2S. The van der Waals surface area contributed by atoms with Gasteiger partial charge in [0.05, 0.1) is 23.5 Å². The number of methoxy groups -OCH3 is 2. The summed E-state index contributed by atoms with van der Waals surface area (Å²) in [7, 11) is 3.33. The average Bonchev–Trinajstić information content (AvgIpc) is 2.91. The van der Waals surface area contributed by atoms with E-state index in [2.05, 4.69) is 48.7 Å². The van der Waals surface area contributed by atoms with Crippen molar-refractivity contribution in [3.8, 4) is 11.5 Å². The first kappa shape index (κ1) is 13.9. The van der Waals surface area contributed by atoms with E-state index < -0.39 is 0 Å². The molecule has 2 rings (SSSR count). The Labute approximate surface area is 127 Å². The summed E-state index contributed by atoms with van der Waals surface area (Å²) in [5.41, 5.74) is 2.26. The van der Waals surface area contributed by atoms with E-state index in [4.69, 9.17) is 9.47 Å². The lowest BCUT2D eigenvalue weighted by molar-refractivity contribution is 0.397. The zero-order valence-corrected chi connectivity index (χ0v) is 13.9. The molecule has 1 unspecified atom stereocenters. The number of hydrogen-bond acceptors (Lipinski definition) is 3. The van der Waals surface area contributed by atoms with E-state index >= 15 is 0 Å². The number of thiophene rings is 1. The molecule has 0 N–H and O–H groups in total. The third kappa shape index (κ3) is 2.73. The van der Waals surface area contributed by atoms with Crippen LogP contribution >= 0.6 is 43.2 Å². The van der Waals surface area contributed by atoms with Crippen molar-refractivity contribution in [1.29, 1.82) is 0 Å². The molecule has 2 nitrogen and oxygen atoms in total. The van der Waals surface area contributed by atoms with Gasteiger partial charge < -0.3 is 9.47 Å². The summed E-state index contributed by atoms with van der Waals surface area (Å²) in [4.78, 5) is 0.0979. The van der Waals surface area contributed by atoms with Gasteiger partial charge in [-0.2, -0.15) is 11.3 Å². The molecule has 0 saturated heterocycles. The summed E-state index contributed by atoms with van der Waals surface area (Å²) >= 11 is 8.85. The third-order valence-electron chi connectivity index (χ3n) is 2.61. The minimum absolute atomic E-state index is 0.0979. The van der Waals surface area contributed by atoms with Crippen molar-refractivity contribution in [2.24, 2.45) is 0 Å². The van der Waals surface area contributed by atoms with Crippen LogP contribution < -0.4 is 9.47 Å². The number of halogens is 2. The highest BCUT2D eigenvalue weighted by Gasteiger charge is 2.18.